The van der Waals surface area contributed by atoms with Crippen LogP contribution in [0.3, 0.4) is 0 Å². The van der Waals surface area contributed by atoms with Gasteiger partial charge in [-0.2, -0.15) is 0 Å². The van der Waals surface area contributed by atoms with E-state index in [1.54, 1.807) is 12.5 Å². The van der Waals surface area contributed by atoms with Gasteiger partial charge in [0.15, 0.2) is 5.88 Å². The molecular weight excluding hydrogens is 102 g/mol. The van der Waals surface area contributed by atoms with Gasteiger partial charge in [-0.25, -0.2) is 0 Å². The Hall–Kier alpha value is -1.18. The van der Waals surface area contributed by atoms with E-state index in [-0.39, 0.29) is 0 Å². The van der Waals surface area contributed by atoms with E-state index >= 15 is 0 Å². The fraction of sp³-hybridized carbons (Fsp3) is 0. The molecule has 0 aliphatic carbocycles. The molecule has 0 radical (unpaired) electrons. The normalized spacial score (nSPS) is 8.50. The lowest BCUT2D eigenvalue weighted by Gasteiger charge is -1.87. The van der Waals surface area contributed by atoms with E-state index in [4.69, 9.17) is 4.42 Å². The van der Waals surface area contributed by atoms with Crippen molar-refractivity contribution in [3.63, 3.8) is 0 Å². The van der Waals surface area contributed by atoms with Crippen molar-refractivity contribution in [2.45, 2.75) is 0 Å². The molecule has 0 spiro atoms. The average Bonchev–Trinajstić information content (AvgIpc) is 2.19. The van der Waals surface area contributed by atoms with Crippen LogP contribution in [0.1, 0.15) is 0 Å². The maximum atomic E-state index is 4.89. The Morgan fingerprint density at radius 3 is 3.12 bits per heavy atom. The summed E-state index contributed by atoms with van der Waals surface area (Å²) in [6, 6.07) is 3.63. The molecule has 0 aromatic carbocycles. The summed E-state index contributed by atoms with van der Waals surface area (Å²) < 4.78 is 4.89. The molecule has 0 saturated carbocycles. The first-order chi connectivity index (χ1) is 3.93. The quantitative estimate of drug-likeness (QED) is 0.626. The summed E-state index contributed by atoms with van der Waals surface area (Å²) in [5, 5.41) is 2.78. The van der Waals surface area contributed by atoms with Crippen LogP contribution in [0.2, 0.25) is 0 Å². The molecule has 2 heteroatoms. The molecule has 1 heterocycles. The monoisotopic (exact) mass is 109 g/mol. The van der Waals surface area contributed by atoms with Gasteiger partial charge in [0, 0.05) is 6.07 Å². The van der Waals surface area contributed by atoms with Gasteiger partial charge in [-0.05, 0) is 12.3 Å². The molecule has 0 saturated heterocycles. The van der Waals surface area contributed by atoms with E-state index in [2.05, 4.69) is 11.9 Å². The van der Waals surface area contributed by atoms with Crippen LogP contribution in [0, 0.1) is 0 Å². The lowest BCUT2D eigenvalue weighted by molar-refractivity contribution is 0.585. The van der Waals surface area contributed by atoms with E-state index in [9.17, 15) is 0 Å². The van der Waals surface area contributed by atoms with Crippen molar-refractivity contribution >= 4 is 5.88 Å². The van der Waals surface area contributed by atoms with Gasteiger partial charge in [0.2, 0.25) is 0 Å². The van der Waals surface area contributed by atoms with Crippen LogP contribution in [-0.4, -0.2) is 0 Å². The number of rotatable bonds is 2. The predicted octanol–water partition coefficient (Wildman–Crippen LogP) is 1.83. The highest BCUT2D eigenvalue weighted by molar-refractivity contribution is 5.32. The Kier molecular flexibility index (Phi) is 1.37. The Labute approximate surface area is 47.8 Å². The lowest BCUT2D eigenvalue weighted by Crippen LogP contribution is -1.79. The van der Waals surface area contributed by atoms with E-state index in [1.165, 1.54) is 0 Å². The topological polar surface area (TPSA) is 25.2 Å². The summed E-state index contributed by atoms with van der Waals surface area (Å²) in [5.74, 6) is 0.722. The van der Waals surface area contributed by atoms with E-state index < -0.39 is 0 Å². The summed E-state index contributed by atoms with van der Waals surface area (Å²) in [5.41, 5.74) is 0. The van der Waals surface area contributed by atoms with Crippen LogP contribution >= 0.6 is 0 Å². The highest BCUT2D eigenvalue weighted by Crippen LogP contribution is 2.04. The highest BCUT2D eigenvalue weighted by Gasteiger charge is 1.84. The first-order valence-electron chi connectivity index (χ1n) is 2.34. The first kappa shape index (κ1) is 4.97. The van der Waals surface area contributed by atoms with Crippen LogP contribution in [0.4, 0.5) is 5.88 Å². The second kappa shape index (κ2) is 2.21. The minimum absolute atomic E-state index is 0.722. The summed E-state index contributed by atoms with van der Waals surface area (Å²) in [6.45, 7) is 3.46. The van der Waals surface area contributed by atoms with Crippen molar-refractivity contribution in [3.8, 4) is 0 Å². The predicted molar refractivity (Wildman–Crippen MR) is 32.5 cm³/mol. The van der Waals surface area contributed by atoms with Gasteiger partial charge in [-0.3, -0.25) is 0 Å². The van der Waals surface area contributed by atoms with Crippen LogP contribution < -0.4 is 5.32 Å². The zero-order valence-corrected chi connectivity index (χ0v) is 4.42. The molecule has 0 aliphatic rings. The van der Waals surface area contributed by atoms with E-state index in [0.29, 0.717) is 0 Å². The summed E-state index contributed by atoms with van der Waals surface area (Å²) in [7, 11) is 0. The third kappa shape index (κ3) is 0.904. The van der Waals surface area contributed by atoms with E-state index in [0.717, 1.165) is 5.88 Å². The summed E-state index contributed by atoms with van der Waals surface area (Å²) in [4.78, 5) is 0. The van der Waals surface area contributed by atoms with Crippen LogP contribution in [-0.2, 0) is 0 Å². The Morgan fingerprint density at radius 1 is 1.75 bits per heavy atom. The minimum atomic E-state index is 0.722. The smallest absolute Gasteiger partial charge is 0.196 e. The fourth-order valence-corrected chi connectivity index (χ4v) is 0.461. The fourth-order valence-electron chi connectivity index (χ4n) is 0.461. The second-order valence-electron chi connectivity index (χ2n) is 1.33. The SMILES string of the molecule is C=CNc1ccco1. The van der Waals surface area contributed by atoms with Crippen LogP contribution in [0.5, 0.6) is 0 Å². The van der Waals surface area contributed by atoms with Crippen molar-refractivity contribution in [1.29, 1.82) is 0 Å². The van der Waals surface area contributed by atoms with Gasteiger partial charge >= 0.3 is 0 Å². The molecule has 42 valence electrons. The molecule has 0 unspecified atom stereocenters. The van der Waals surface area contributed by atoms with Gasteiger partial charge < -0.3 is 9.73 Å². The van der Waals surface area contributed by atoms with Gasteiger partial charge in [0.05, 0.1) is 6.26 Å². The van der Waals surface area contributed by atoms with Crippen molar-refractivity contribution in [2.75, 3.05) is 5.32 Å². The third-order valence-corrected chi connectivity index (χ3v) is 0.765. The summed E-state index contributed by atoms with van der Waals surface area (Å²) in [6.07, 6.45) is 3.17. The Balaban J connectivity index is 2.62. The zero-order chi connectivity index (χ0) is 5.82. The van der Waals surface area contributed by atoms with E-state index in [1.807, 2.05) is 12.1 Å². The molecule has 1 aromatic heterocycles. The molecule has 8 heavy (non-hydrogen) atoms. The van der Waals surface area contributed by atoms with Gasteiger partial charge in [0.1, 0.15) is 0 Å². The number of anilines is 1. The molecule has 1 aromatic rings. The Bertz CT molecular complexity index is 155. The number of hydrogen-bond acceptors (Lipinski definition) is 2. The van der Waals surface area contributed by atoms with Gasteiger partial charge in [0.25, 0.3) is 0 Å². The average molecular weight is 109 g/mol. The van der Waals surface area contributed by atoms with Gasteiger partial charge in [-0.1, -0.05) is 6.58 Å². The maximum absolute atomic E-state index is 4.89. The minimum Gasteiger partial charge on any atom is -0.449 e. The standard InChI is InChI=1S/C6H7NO/c1-2-7-6-4-3-5-8-6/h2-5,7H,1H2. The molecule has 1 N–H and O–H groups in total. The van der Waals surface area contributed by atoms with Crippen molar-refractivity contribution in [2.24, 2.45) is 0 Å². The van der Waals surface area contributed by atoms with Crippen LogP contribution in [0.15, 0.2) is 35.6 Å². The largest absolute Gasteiger partial charge is 0.449 e. The van der Waals surface area contributed by atoms with Crippen LogP contribution in [0.25, 0.3) is 0 Å². The van der Waals surface area contributed by atoms with Crippen molar-refractivity contribution in [1.82, 2.24) is 0 Å². The Morgan fingerprint density at radius 2 is 2.62 bits per heavy atom. The lowest BCUT2D eigenvalue weighted by atomic mass is 10.6. The maximum Gasteiger partial charge on any atom is 0.196 e. The molecule has 0 bridgehead atoms. The second-order valence-corrected chi connectivity index (χ2v) is 1.33. The molecule has 1 rings (SSSR count). The number of furan rings is 1. The zero-order valence-electron chi connectivity index (χ0n) is 4.42. The number of hydrogen-bond donors (Lipinski definition) is 1. The molecule has 0 atom stereocenters. The molecule has 2 nitrogen and oxygen atoms in total. The molecule has 0 amide bonds. The summed E-state index contributed by atoms with van der Waals surface area (Å²) >= 11 is 0. The molecule has 0 fully saturated rings. The van der Waals surface area contributed by atoms with Crippen molar-refractivity contribution in [3.05, 3.63) is 31.2 Å². The van der Waals surface area contributed by atoms with Gasteiger partial charge in [-0.15, -0.1) is 0 Å². The van der Waals surface area contributed by atoms with Crippen molar-refractivity contribution < 1.29 is 4.42 Å². The number of nitrogens with one attached hydrogen (secondary N) is 1. The highest BCUT2D eigenvalue weighted by atomic mass is 16.3. The molecular formula is C6H7NO. The first-order valence-corrected chi connectivity index (χ1v) is 2.34. The molecule has 0 aliphatic heterocycles. The third-order valence-electron chi connectivity index (χ3n) is 0.765.